The van der Waals surface area contributed by atoms with Gasteiger partial charge in [-0.3, -0.25) is 4.90 Å². The summed E-state index contributed by atoms with van der Waals surface area (Å²) in [4.78, 5) is 2.26. The molecule has 1 aromatic carbocycles. The van der Waals surface area contributed by atoms with E-state index in [9.17, 15) is 16.8 Å². The Morgan fingerprint density at radius 2 is 1.62 bits per heavy atom. The Morgan fingerprint density at radius 3 is 2.24 bits per heavy atom. The van der Waals surface area contributed by atoms with Gasteiger partial charge < -0.3 is 0 Å². The fourth-order valence-electron chi connectivity index (χ4n) is 3.29. The smallest absolute Gasteiger partial charge is 0.183 e. The van der Waals surface area contributed by atoms with Crippen molar-refractivity contribution in [2.24, 2.45) is 0 Å². The molecule has 0 saturated carbocycles. The lowest BCUT2D eigenvalue weighted by molar-refractivity contribution is 0.264. The van der Waals surface area contributed by atoms with Gasteiger partial charge in [0.1, 0.15) is 0 Å². The number of rotatable bonds is 3. The van der Waals surface area contributed by atoms with Gasteiger partial charge in [0.2, 0.25) is 0 Å². The second-order valence-corrected chi connectivity index (χ2v) is 10.1. The molecular formula is C14H19NO4S2. The number of likely N-dealkylation sites (tertiary alicyclic amines) is 1. The summed E-state index contributed by atoms with van der Waals surface area (Å²) < 4.78 is 49.6. The van der Waals surface area contributed by atoms with Crippen molar-refractivity contribution in [1.82, 2.24) is 4.90 Å². The summed E-state index contributed by atoms with van der Waals surface area (Å²) in [6.45, 7) is 1.59. The summed E-state index contributed by atoms with van der Waals surface area (Å²) in [5, 5.41) is -0.844. The Hall–Kier alpha value is -0.920. The Kier molecular flexibility index (Phi) is 3.83. The van der Waals surface area contributed by atoms with Crippen LogP contribution in [-0.4, -0.2) is 57.6 Å². The van der Waals surface area contributed by atoms with E-state index in [2.05, 4.69) is 0 Å². The van der Waals surface area contributed by atoms with Crippen LogP contribution in [0.4, 0.5) is 0 Å². The third-order valence-corrected chi connectivity index (χ3v) is 8.49. The molecule has 7 heteroatoms. The molecule has 0 unspecified atom stereocenters. The van der Waals surface area contributed by atoms with E-state index >= 15 is 0 Å². The van der Waals surface area contributed by atoms with Gasteiger partial charge in [-0.25, -0.2) is 16.8 Å². The molecule has 5 nitrogen and oxygen atoms in total. The largest absolute Gasteiger partial charge is 0.298 e. The average molecular weight is 329 g/mol. The lowest BCUT2D eigenvalue weighted by Gasteiger charge is -2.27. The standard InChI is InChI=1S/C14H19NO4S2/c16-20(17)10-13(15-8-4-5-9-15)14(11-20)21(18,19)12-6-2-1-3-7-12/h1-3,6-7,13-14H,4-5,8-11H2/t13-,14-/m0/s1. The van der Waals surface area contributed by atoms with Crippen molar-refractivity contribution in [2.45, 2.75) is 29.0 Å². The van der Waals surface area contributed by atoms with E-state index in [4.69, 9.17) is 0 Å². The molecule has 0 spiro atoms. The summed E-state index contributed by atoms with van der Waals surface area (Å²) in [6, 6.07) is 7.77. The molecule has 0 radical (unpaired) electrons. The van der Waals surface area contributed by atoms with E-state index < -0.39 is 31.0 Å². The first-order chi connectivity index (χ1) is 9.90. The van der Waals surface area contributed by atoms with Gasteiger partial charge in [-0.05, 0) is 38.1 Å². The van der Waals surface area contributed by atoms with Crippen LogP contribution in [0.3, 0.4) is 0 Å². The Balaban J connectivity index is 1.98. The molecule has 1 aromatic rings. The van der Waals surface area contributed by atoms with Crippen LogP contribution in [-0.2, 0) is 19.7 Å². The molecule has 2 aliphatic rings. The Labute approximate surface area is 125 Å². The maximum atomic E-state index is 12.8. The highest BCUT2D eigenvalue weighted by atomic mass is 32.2. The van der Waals surface area contributed by atoms with Crippen molar-refractivity contribution in [3.8, 4) is 0 Å². The van der Waals surface area contributed by atoms with Crippen LogP contribution in [0.1, 0.15) is 12.8 Å². The molecular weight excluding hydrogens is 310 g/mol. The van der Waals surface area contributed by atoms with Crippen LogP contribution in [0.2, 0.25) is 0 Å². The normalized spacial score (nSPS) is 29.7. The molecule has 2 aliphatic heterocycles. The van der Waals surface area contributed by atoms with E-state index in [1.165, 1.54) is 0 Å². The van der Waals surface area contributed by atoms with Crippen molar-refractivity contribution in [2.75, 3.05) is 24.6 Å². The summed E-state index contributed by atoms with van der Waals surface area (Å²) in [5.41, 5.74) is 0. The van der Waals surface area contributed by atoms with Gasteiger partial charge in [0.15, 0.2) is 19.7 Å². The zero-order valence-electron chi connectivity index (χ0n) is 11.7. The van der Waals surface area contributed by atoms with Gasteiger partial charge in [-0.1, -0.05) is 18.2 Å². The summed E-state index contributed by atoms with van der Waals surface area (Å²) in [6.07, 6.45) is 2.02. The fourth-order valence-corrected chi connectivity index (χ4v) is 8.14. The minimum Gasteiger partial charge on any atom is -0.298 e. The van der Waals surface area contributed by atoms with Gasteiger partial charge in [0, 0.05) is 6.04 Å². The minimum absolute atomic E-state index is 0.0380. The van der Waals surface area contributed by atoms with Crippen molar-refractivity contribution in [3.05, 3.63) is 30.3 Å². The van der Waals surface area contributed by atoms with Gasteiger partial charge in [0.25, 0.3) is 0 Å². The zero-order valence-corrected chi connectivity index (χ0v) is 13.3. The maximum absolute atomic E-state index is 12.8. The first-order valence-corrected chi connectivity index (χ1v) is 10.5. The van der Waals surface area contributed by atoms with Crippen LogP contribution in [0.5, 0.6) is 0 Å². The van der Waals surface area contributed by atoms with Crippen LogP contribution >= 0.6 is 0 Å². The predicted molar refractivity (Wildman–Crippen MR) is 80.7 cm³/mol. The number of hydrogen-bond donors (Lipinski definition) is 0. The SMILES string of the molecule is O=S1(=O)C[C@H](N2CCCC2)[C@@H](S(=O)(=O)c2ccccc2)C1. The van der Waals surface area contributed by atoms with Gasteiger partial charge in [-0.15, -0.1) is 0 Å². The highest BCUT2D eigenvalue weighted by molar-refractivity contribution is 7.96. The molecule has 2 atom stereocenters. The lowest BCUT2D eigenvalue weighted by atomic mass is 10.2. The topological polar surface area (TPSA) is 71.5 Å². The summed E-state index contributed by atoms with van der Waals surface area (Å²) in [5.74, 6) is -0.297. The molecule has 21 heavy (non-hydrogen) atoms. The second-order valence-electron chi connectivity index (χ2n) is 5.78. The lowest BCUT2D eigenvalue weighted by Crippen LogP contribution is -2.45. The molecule has 0 N–H and O–H groups in total. The van der Waals surface area contributed by atoms with Gasteiger partial charge in [0.05, 0.1) is 21.7 Å². The molecule has 2 saturated heterocycles. The third kappa shape index (κ3) is 2.86. The third-order valence-electron chi connectivity index (χ3n) is 4.35. The summed E-state index contributed by atoms with van der Waals surface area (Å²) >= 11 is 0. The van der Waals surface area contributed by atoms with Crippen LogP contribution < -0.4 is 0 Å². The van der Waals surface area contributed by atoms with Crippen molar-refractivity contribution in [1.29, 1.82) is 0 Å². The molecule has 0 bridgehead atoms. The first kappa shape index (κ1) is 15.0. The first-order valence-electron chi connectivity index (χ1n) is 7.14. The molecule has 2 fully saturated rings. The Morgan fingerprint density at radius 1 is 1.00 bits per heavy atom. The minimum atomic E-state index is -3.62. The molecule has 2 heterocycles. The van der Waals surface area contributed by atoms with Crippen LogP contribution in [0.25, 0.3) is 0 Å². The van der Waals surface area contributed by atoms with E-state index in [-0.39, 0.29) is 16.4 Å². The van der Waals surface area contributed by atoms with E-state index in [1.54, 1.807) is 30.3 Å². The van der Waals surface area contributed by atoms with Crippen molar-refractivity contribution >= 4 is 19.7 Å². The van der Waals surface area contributed by atoms with Crippen LogP contribution in [0.15, 0.2) is 35.2 Å². The predicted octanol–water partition coefficient (Wildman–Crippen LogP) is 0.722. The zero-order chi connectivity index (χ0) is 15.1. The number of hydrogen-bond acceptors (Lipinski definition) is 5. The molecule has 116 valence electrons. The molecule has 3 rings (SSSR count). The average Bonchev–Trinajstić information content (AvgIpc) is 3.07. The molecule has 0 aromatic heterocycles. The number of benzene rings is 1. The van der Waals surface area contributed by atoms with E-state index in [0.717, 1.165) is 25.9 Å². The maximum Gasteiger partial charge on any atom is 0.183 e. The highest BCUT2D eigenvalue weighted by Gasteiger charge is 2.48. The van der Waals surface area contributed by atoms with E-state index in [0.29, 0.717) is 0 Å². The molecule has 0 amide bonds. The van der Waals surface area contributed by atoms with Crippen LogP contribution in [0, 0.1) is 0 Å². The highest BCUT2D eigenvalue weighted by Crippen LogP contribution is 2.30. The monoisotopic (exact) mass is 329 g/mol. The number of sulfone groups is 2. The van der Waals surface area contributed by atoms with Gasteiger partial charge in [-0.2, -0.15) is 0 Å². The van der Waals surface area contributed by atoms with Gasteiger partial charge >= 0.3 is 0 Å². The second kappa shape index (κ2) is 5.37. The molecule has 0 aliphatic carbocycles. The van der Waals surface area contributed by atoms with Crippen molar-refractivity contribution in [3.63, 3.8) is 0 Å². The number of nitrogens with zero attached hydrogens (tertiary/aromatic N) is 1. The quantitative estimate of drug-likeness (QED) is 0.817. The van der Waals surface area contributed by atoms with E-state index in [1.807, 2.05) is 4.90 Å². The fraction of sp³-hybridized carbons (Fsp3) is 0.571. The summed E-state index contributed by atoms with van der Waals surface area (Å²) in [7, 11) is -6.91. The Bertz CT molecular complexity index is 707. The van der Waals surface area contributed by atoms with Crippen molar-refractivity contribution < 1.29 is 16.8 Å².